The smallest absolute Gasteiger partial charge is 0.417 e. The van der Waals surface area contributed by atoms with Gasteiger partial charge in [-0.15, -0.1) is 0 Å². The molecule has 26 heavy (non-hydrogen) atoms. The molecule has 0 aliphatic rings. The van der Waals surface area contributed by atoms with Gasteiger partial charge in [0, 0.05) is 18.1 Å². The Kier molecular flexibility index (Phi) is 4.29. The fraction of sp³-hybridized carbons (Fsp3) is 0.167. The topological polar surface area (TPSA) is 26.0 Å². The lowest BCUT2D eigenvalue weighted by Gasteiger charge is -2.14. The Balaban J connectivity index is 2.29. The second kappa shape index (κ2) is 6.19. The van der Waals surface area contributed by atoms with Crippen molar-refractivity contribution < 1.29 is 30.8 Å². The monoisotopic (exact) mass is 371 g/mol. The van der Waals surface area contributed by atoms with Crippen LogP contribution in [0.2, 0.25) is 0 Å². The molecular weight excluding hydrogens is 360 g/mol. The van der Waals surface area contributed by atoms with Gasteiger partial charge in [0.15, 0.2) is 11.7 Å². The van der Waals surface area contributed by atoms with E-state index in [1.807, 2.05) is 0 Å². The van der Waals surface area contributed by atoms with Gasteiger partial charge in [-0.05, 0) is 12.1 Å². The molecule has 1 heterocycles. The summed E-state index contributed by atoms with van der Waals surface area (Å²) in [6.45, 7) is 1.36. The van der Waals surface area contributed by atoms with Crippen LogP contribution in [0.3, 0.4) is 0 Å². The van der Waals surface area contributed by atoms with Crippen molar-refractivity contribution in [3.8, 4) is 22.6 Å². The van der Waals surface area contributed by atoms with Crippen LogP contribution in [0.1, 0.15) is 17.0 Å². The molecular formula is C18H11F6NO. The minimum absolute atomic E-state index is 0.0380. The number of aryl methyl sites for hydroxylation is 1. The molecule has 0 unspecified atom stereocenters. The summed E-state index contributed by atoms with van der Waals surface area (Å²) in [5, 5.41) is 0. The van der Waals surface area contributed by atoms with E-state index >= 15 is 0 Å². The van der Waals surface area contributed by atoms with E-state index in [0.717, 1.165) is 24.3 Å². The number of aromatic nitrogens is 1. The highest BCUT2D eigenvalue weighted by Gasteiger charge is 2.37. The predicted molar refractivity (Wildman–Crippen MR) is 82.1 cm³/mol. The Morgan fingerprint density at radius 2 is 1.19 bits per heavy atom. The van der Waals surface area contributed by atoms with Gasteiger partial charge >= 0.3 is 12.4 Å². The molecule has 0 amide bonds. The molecule has 0 aliphatic carbocycles. The van der Waals surface area contributed by atoms with E-state index in [0.29, 0.717) is 0 Å². The minimum Gasteiger partial charge on any atom is -0.440 e. The summed E-state index contributed by atoms with van der Waals surface area (Å²) in [6.07, 6.45) is -9.39. The number of halogens is 6. The number of nitrogens with zero attached hydrogens (tertiary/aromatic N) is 1. The van der Waals surface area contributed by atoms with Crippen molar-refractivity contribution in [2.45, 2.75) is 19.3 Å². The quantitative estimate of drug-likeness (QED) is 0.490. The van der Waals surface area contributed by atoms with Gasteiger partial charge < -0.3 is 4.42 Å². The van der Waals surface area contributed by atoms with Crippen LogP contribution in [0, 0.1) is 6.92 Å². The van der Waals surface area contributed by atoms with Crippen LogP contribution in [-0.2, 0) is 12.4 Å². The summed E-state index contributed by atoms with van der Waals surface area (Å²) in [5.41, 5.74) is -3.01. The first-order valence-corrected chi connectivity index (χ1v) is 7.39. The Hall–Kier alpha value is -2.77. The van der Waals surface area contributed by atoms with E-state index in [4.69, 9.17) is 4.42 Å². The molecule has 2 nitrogen and oxygen atoms in total. The standard InChI is InChI=1S/C18H11F6NO/c1-10-25-15(11-6-2-4-8-13(11)17(19,20)21)16(26-10)12-7-3-5-9-14(12)18(22,23)24/h2-9H,1H3. The van der Waals surface area contributed by atoms with Gasteiger partial charge in [-0.1, -0.05) is 36.4 Å². The maximum atomic E-state index is 13.3. The lowest BCUT2D eigenvalue weighted by molar-refractivity contribution is -0.138. The molecule has 0 aliphatic heterocycles. The SMILES string of the molecule is Cc1nc(-c2ccccc2C(F)(F)F)c(-c2ccccc2C(F)(F)F)o1. The van der Waals surface area contributed by atoms with Crippen LogP contribution >= 0.6 is 0 Å². The fourth-order valence-corrected chi connectivity index (χ4v) is 2.66. The number of hydrogen-bond donors (Lipinski definition) is 0. The third kappa shape index (κ3) is 3.31. The zero-order valence-electron chi connectivity index (χ0n) is 13.2. The highest BCUT2D eigenvalue weighted by atomic mass is 19.4. The van der Waals surface area contributed by atoms with Crippen LogP contribution in [0.4, 0.5) is 26.3 Å². The molecule has 1 aromatic heterocycles. The Morgan fingerprint density at radius 3 is 1.73 bits per heavy atom. The van der Waals surface area contributed by atoms with Gasteiger partial charge in [-0.25, -0.2) is 4.98 Å². The second-order valence-corrected chi connectivity index (χ2v) is 5.50. The van der Waals surface area contributed by atoms with Crippen LogP contribution in [0.15, 0.2) is 52.9 Å². The molecule has 0 radical (unpaired) electrons. The zero-order chi connectivity index (χ0) is 19.1. The summed E-state index contributed by atoms with van der Waals surface area (Å²) < 4.78 is 85.1. The summed E-state index contributed by atoms with van der Waals surface area (Å²) in [6, 6.07) is 9.07. The van der Waals surface area contributed by atoms with Crippen molar-refractivity contribution in [2.24, 2.45) is 0 Å². The van der Waals surface area contributed by atoms with Gasteiger partial charge in [0.1, 0.15) is 5.69 Å². The molecule has 0 fully saturated rings. The fourth-order valence-electron chi connectivity index (χ4n) is 2.66. The maximum absolute atomic E-state index is 13.3. The van der Waals surface area contributed by atoms with Gasteiger partial charge in [-0.2, -0.15) is 26.3 Å². The molecule has 0 saturated heterocycles. The van der Waals surface area contributed by atoms with E-state index in [-0.39, 0.29) is 28.5 Å². The van der Waals surface area contributed by atoms with Gasteiger partial charge in [0.25, 0.3) is 0 Å². The van der Waals surface area contributed by atoms with Gasteiger partial charge in [-0.3, -0.25) is 0 Å². The van der Waals surface area contributed by atoms with Crippen molar-refractivity contribution in [2.75, 3.05) is 0 Å². The van der Waals surface area contributed by atoms with Crippen LogP contribution in [0.5, 0.6) is 0 Å². The summed E-state index contributed by atoms with van der Waals surface area (Å²) in [4.78, 5) is 3.92. The Morgan fingerprint density at radius 1 is 0.731 bits per heavy atom. The molecule has 0 atom stereocenters. The van der Waals surface area contributed by atoms with E-state index in [9.17, 15) is 26.3 Å². The normalized spacial score (nSPS) is 12.4. The van der Waals surface area contributed by atoms with E-state index < -0.39 is 23.5 Å². The number of oxazole rings is 1. The van der Waals surface area contributed by atoms with Gasteiger partial charge in [0.05, 0.1) is 11.1 Å². The molecule has 0 spiro atoms. The largest absolute Gasteiger partial charge is 0.440 e. The maximum Gasteiger partial charge on any atom is 0.417 e. The predicted octanol–water partition coefficient (Wildman–Crippen LogP) is 6.35. The number of hydrogen-bond acceptors (Lipinski definition) is 2. The highest BCUT2D eigenvalue weighted by molar-refractivity contribution is 5.80. The van der Waals surface area contributed by atoms with E-state index in [2.05, 4.69) is 4.98 Å². The van der Waals surface area contributed by atoms with Crippen molar-refractivity contribution in [3.05, 3.63) is 65.5 Å². The van der Waals surface area contributed by atoms with E-state index in [1.54, 1.807) is 0 Å². The first-order chi connectivity index (χ1) is 12.1. The number of rotatable bonds is 2. The third-order valence-electron chi connectivity index (χ3n) is 3.70. The molecule has 0 saturated carbocycles. The molecule has 3 aromatic rings. The molecule has 3 rings (SSSR count). The van der Waals surface area contributed by atoms with Crippen molar-refractivity contribution in [3.63, 3.8) is 0 Å². The molecule has 2 aromatic carbocycles. The van der Waals surface area contributed by atoms with Crippen molar-refractivity contribution >= 4 is 0 Å². The first kappa shape index (κ1) is 18.0. The molecule has 0 bridgehead atoms. The third-order valence-corrected chi connectivity index (χ3v) is 3.70. The number of alkyl halides is 6. The van der Waals surface area contributed by atoms with Crippen molar-refractivity contribution in [1.29, 1.82) is 0 Å². The highest BCUT2D eigenvalue weighted by Crippen LogP contribution is 2.43. The minimum atomic E-state index is -4.70. The van der Waals surface area contributed by atoms with Crippen LogP contribution < -0.4 is 0 Å². The molecule has 136 valence electrons. The molecule has 8 heteroatoms. The average molecular weight is 371 g/mol. The Bertz CT molecular complexity index is 864. The average Bonchev–Trinajstić information content (AvgIpc) is 2.95. The summed E-state index contributed by atoms with van der Waals surface area (Å²) in [7, 11) is 0. The van der Waals surface area contributed by atoms with E-state index in [1.165, 1.54) is 31.2 Å². The zero-order valence-corrected chi connectivity index (χ0v) is 13.2. The summed E-state index contributed by atoms with van der Waals surface area (Å²) >= 11 is 0. The summed E-state index contributed by atoms with van der Waals surface area (Å²) in [5.74, 6) is -0.393. The lowest BCUT2D eigenvalue weighted by Crippen LogP contribution is -2.08. The first-order valence-electron chi connectivity index (χ1n) is 7.39. The lowest BCUT2D eigenvalue weighted by atomic mass is 9.98. The second-order valence-electron chi connectivity index (χ2n) is 5.50. The number of benzene rings is 2. The van der Waals surface area contributed by atoms with Crippen LogP contribution in [-0.4, -0.2) is 4.98 Å². The molecule has 0 N–H and O–H groups in total. The van der Waals surface area contributed by atoms with Crippen LogP contribution in [0.25, 0.3) is 22.6 Å². The van der Waals surface area contributed by atoms with Crippen molar-refractivity contribution in [1.82, 2.24) is 4.98 Å². The Labute approximate surface area is 144 Å². The van der Waals surface area contributed by atoms with Gasteiger partial charge in [0.2, 0.25) is 0 Å².